The van der Waals surface area contributed by atoms with E-state index in [1.165, 1.54) is 117 Å². The number of alkyl carbamates (subject to hydrolysis) is 1. The number of likely N-dealkylation sites (N-methyl/N-ethyl adjacent to an activating group) is 1. The molecule has 1 atom stereocenters. The fraction of sp³-hybridized carbons (Fsp3) is 0.909. The van der Waals surface area contributed by atoms with Crippen molar-refractivity contribution < 1.29 is 33.1 Å². The molecule has 1 rings (SSSR count). The Morgan fingerprint density at radius 1 is 0.762 bits per heavy atom. The van der Waals surface area contributed by atoms with Gasteiger partial charge in [-0.15, -0.1) is 0 Å². The Bertz CT molecular complexity index is 714. The molecule has 42 heavy (non-hydrogen) atoms. The molecular formula is C33H64N3O6+. The largest absolute Gasteiger partial charge is 0.447 e. The molecule has 1 aliphatic rings. The van der Waals surface area contributed by atoms with Gasteiger partial charge in [-0.2, -0.15) is 0 Å². The van der Waals surface area contributed by atoms with Crippen LogP contribution in [0.5, 0.6) is 0 Å². The molecule has 1 aliphatic heterocycles. The maximum Gasteiger partial charge on any atom is 0.416 e. The molecule has 1 N–H and O–H groups in total. The van der Waals surface area contributed by atoms with Gasteiger partial charge in [-0.05, 0) is 6.42 Å². The van der Waals surface area contributed by atoms with Crippen molar-refractivity contribution >= 4 is 18.1 Å². The number of methoxy groups -OCH3 is 1. The van der Waals surface area contributed by atoms with Crippen molar-refractivity contribution in [3.8, 4) is 0 Å². The summed E-state index contributed by atoms with van der Waals surface area (Å²) in [6.45, 7) is 7.23. The van der Waals surface area contributed by atoms with E-state index in [9.17, 15) is 14.4 Å². The van der Waals surface area contributed by atoms with E-state index < -0.39 is 18.3 Å². The number of nitrogens with zero attached hydrogens (tertiary/aromatic N) is 2. The number of carbonyl (C=O) groups excluding carboxylic acids is 3. The summed E-state index contributed by atoms with van der Waals surface area (Å²) in [4.78, 5) is 37.8. The van der Waals surface area contributed by atoms with Crippen LogP contribution in [0.1, 0.15) is 129 Å². The van der Waals surface area contributed by atoms with Crippen LogP contribution in [-0.2, 0) is 19.0 Å². The second-order valence-corrected chi connectivity index (χ2v) is 12.4. The average molecular weight is 599 g/mol. The first-order chi connectivity index (χ1) is 20.3. The number of unbranched alkanes of at least 4 members (excludes halogenated alkanes) is 15. The summed E-state index contributed by atoms with van der Waals surface area (Å²) < 4.78 is 16.7. The van der Waals surface area contributed by atoms with Crippen molar-refractivity contribution in [1.29, 1.82) is 0 Å². The number of carbonyl (C=O) groups is 3. The molecule has 0 bridgehead atoms. The Balaban J connectivity index is 2.01. The zero-order chi connectivity index (χ0) is 30.9. The van der Waals surface area contributed by atoms with Gasteiger partial charge in [0.1, 0.15) is 19.3 Å². The number of hydrogen-bond donors (Lipinski definition) is 1. The first kappa shape index (κ1) is 38.2. The first-order valence-corrected chi connectivity index (χ1v) is 17.0. The number of quaternary nitrogens is 1. The fourth-order valence-corrected chi connectivity index (χ4v) is 5.55. The lowest BCUT2D eigenvalue weighted by Gasteiger charge is -2.31. The van der Waals surface area contributed by atoms with Gasteiger partial charge < -0.3 is 24.0 Å². The Hall–Kier alpha value is -1.87. The molecule has 0 aromatic rings. The number of hydrogen-bond acceptors (Lipinski definition) is 6. The van der Waals surface area contributed by atoms with E-state index in [0.717, 1.165) is 35.3 Å². The Kier molecular flexibility index (Phi) is 22.3. The third-order valence-electron chi connectivity index (χ3n) is 8.54. The summed E-state index contributed by atoms with van der Waals surface area (Å²) in [5.41, 5.74) is 0. The minimum atomic E-state index is -0.691. The first-order valence-electron chi connectivity index (χ1n) is 17.0. The minimum absolute atomic E-state index is 0.0381. The van der Waals surface area contributed by atoms with E-state index in [4.69, 9.17) is 14.2 Å². The van der Waals surface area contributed by atoms with Gasteiger partial charge in [-0.25, -0.2) is 14.5 Å². The van der Waals surface area contributed by atoms with Crippen LogP contribution in [0, 0.1) is 0 Å². The smallest absolute Gasteiger partial charge is 0.416 e. The van der Waals surface area contributed by atoms with Gasteiger partial charge >= 0.3 is 12.2 Å². The normalized spacial score (nSPS) is 14.9. The molecule has 0 aromatic heterocycles. The van der Waals surface area contributed by atoms with E-state index in [0.29, 0.717) is 19.6 Å². The van der Waals surface area contributed by atoms with Gasteiger partial charge in [-0.3, -0.25) is 4.79 Å². The number of rotatable bonds is 25. The van der Waals surface area contributed by atoms with Crippen molar-refractivity contribution in [3.05, 3.63) is 0 Å². The highest BCUT2D eigenvalue weighted by atomic mass is 16.6. The van der Waals surface area contributed by atoms with E-state index in [2.05, 4.69) is 19.3 Å². The molecule has 0 saturated carbocycles. The summed E-state index contributed by atoms with van der Waals surface area (Å²) in [6, 6.07) is 0. The Labute approximate surface area is 257 Å². The predicted octanol–water partition coefficient (Wildman–Crippen LogP) is 7.21. The van der Waals surface area contributed by atoms with E-state index in [1.807, 2.05) is 0 Å². The van der Waals surface area contributed by atoms with Crippen LogP contribution in [0.2, 0.25) is 0 Å². The lowest BCUT2D eigenvalue weighted by molar-refractivity contribution is -0.896. The zero-order valence-electron chi connectivity index (χ0n) is 27.6. The highest BCUT2D eigenvalue weighted by Gasteiger charge is 2.30. The van der Waals surface area contributed by atoms with Gasteiger partial charge in [0.15, 0.2) is 0 Å². The third-order valence-corrected chi connectivity index (χ3v) is 8.54. The molecule has 1 fully saturated rings. The van der Waals surface area contributed by atoms with E-state index >= 15 is 0 Å². The van der Waals surface area contributed by atoms with Gasteiger partial charge in [-0.1, -0.05) is 103 Å². The Morgan fingerprint density at radius 3 is 1.71 bits per heavy atom. The highest BCUT2D eigenvalue weighted by molar-refractivity contribution is 5.90. The van der Waals surface area contributed by atoms with Gasteiger partial charge in [0.2, 0.25) is 5.91 Å². The van der Waals surface area contributed by atoms with E-state index in [1.54, 1.807) is 0 Å². The molecule has 0 aliphatic carbocycles. The monoisotopic (exact) mass is 598 g/mol. The number of likely N-dealkylation sites (tertiary alicyclic amines) is 1. The van der Waals surface area contributed by atoms with Gasteiger partial charge in [0, 0.05) is 33.4 Å². The summed E-state index contributed by atoms with van der Waals surface area (Å²) in [5.74, 6) is -0.343. The van der Waals surface area contributed by atoms with Crippen molar-refractivity contribution in [1.82, 2.24) is 10.2 Å². The van der Waals surface area contributed by atoms with Gasteiger partial charge in [0.25, 0.3) is 0 Å². The van der Waals surface area contributed by atoms with Crippen LogP contribution >= 0.6 is 0 Å². The summed E-state index contributed by atoms with van der Waals surface area (Å²) in [7, 11) is 3.62. The van der Waals surface area contributed by atoms with Crippen LogP contribution in [0.15, 0.2) is 0 Å². The Morgan fingerprint density at radius 2 is 1.24 bits per heavy atom. The molecule has 246 valence electrons. The lowest BCUT2D eigenvalue weighted by atomic mass is 10.0. The quantitative estimate of drug-likeness (QED) is 0.0881. The molecule has 9 nitrogen and oxygen atoms in total. The number of nitrogens with one attached hydrogen (secondary N) is 1. The molecule has 0 spiro atoms. The molecule has 1 saturated heterocycles. The minimum Gasteiger partial charge on any atom is -0.447 e. The average Bonchev–Trinajstić information content (AvgIpc) is 3.40. The van der Waals surface area contributed by atoms with E-state index in [-0.39, 0.29) is 19.1 Å². The topological polar surface area (TPSA) is 94.2 Å². The number of amides is 3. The van der Waals surface area contributed by atoms with Crippen LogP contribution < -0.4 is 5.32 Å². The highest BCUT2D eigenvalue weighted by Crippen LogP contribution is 2.16. The summed E-state index contributed by atoms with van der Waals surface area (Å²) in [6.07, 6.45) is 21.6. The van der Waals surface area contributed by atoms with Crippen molar-refractivity contribution in [2.75, 3.05) is 60.1 Å². The number of ether oxygens (including phenoxy) is 3. The third kappa shape index (κ3) is 19.3. The van der Waals surface area contributed by atoms with Crippen LogP contribution in [-0.4, -0.2) is 93.7 Å². The molecule has 9 heteroatoms. The zero-order valence-corrected chi connectivity index (χ0v) is 27.6. The van der Waals surface area contributed by atoms with Gasteiger partial charge in [0.05, 0.1) is 33.2 Å². The van der Waals surface area contributed by atoms with Crippen LogP contribution in [0.25, 0.3) is 0 Å². The molecular weight excluding hydrogens is 534 g/mol. The number of imide groups is 1. The molecule has 0 radical (unpaired) electrons. The fourth-order valence-electron chi connectivity index (χ4n) is 5.55. The van der Waals surface area contributed by atoms with Crippen molar-refractivity contribution in [2.45, 2.75) is 136 Å². The summed E-state index contributed by atoms with van der Waals surface area (Å²) >= 11 is 0. The standard InChI is InChI=1S/C33H63N3O6/c1-5-6-7-8-9-10-11-12-13-14-15-16-17-18-19-20-23-34-32(38)41-28-31(40-4)29-42-33(39)35(30(2)37)24-27-36(3)25-21-22-26-36/h31H,5-29H2,1-4H3/p+1. The van der Waals surface area contributed by atoms with Crippen molar-refractivity contribution in [2.24, 2.45) is 0 Å². The second kappa shape index (κ2) is 24.6. The SMILES string of the molecule is CCCCCCCCCCCCCCCCCCNC(=O)OCC(COC(=O)N(CC[N+]1(C)CCCC1)C(C)=O)OC. The maximum atomic E-state index is 12.5. The van der Waals surface area contributed by atoms with Crippen LogP contribution in [0.3, 0.4) is 0 Å². The summed E-state index contributed by atoms with van der Waals surface area (Å²) in [5, 5.41) is 2.78. The maximum absolute atomic E-state index is 12.5. The lowest BCUT2D eigenvalue weighted by Crippen LogP contribution is -2.49. The molecule has 0 aromatic carbocycles. The molecule has 1 unspecified atom stereocenters. The van der Waals surface area contributed by atoms with Crippen molar-refractivity contribution in [3.63, 3.8) is 0 Å². The molecule has 1 heterocycles. The second-order valence-electron chi connectivity index (χ2n) is 12.4. The predicted molar refractivity (Wildman–Crippen MR) is 168 cm³/mol. The molecule has 3 amide bonds. The van der Waals surface area contributed by atoms with Crippen LogP contribution in [0.4, 0.5) is 9.59 Å².